The molecule has 0 aliphatic heterocycles. The first-order valence-corrected chi connectivity index (χ1v) is 6.44. The molecule has 0 saturated heterocycles. The van der Waals surface area contributed by atoms with Gasteiger partial charge in [0.2, 0.25) is 0 Å². The minimum atomic E-state index is 0.196. The Morgan fingerprint density at radius 3 is 2.94 bits per heavy atom. The SMILES string of the molecule is CCCn1cc(OC2CC(NC)C2(C)C)cn1. The molecule has 1 aliphatic carbocycles. The summed E-state index contributed by atoms with van der Waals surface area (Å²) in [6.07, 6.45) is 6.27. The summed E-state index contributed by atoms with van der Waals surface area (Å²) >= 11 is 0. The first-order chi connectivity index (χ1) is 8.07. The Bertz CT molecular complexity index is 372. The highest BCUT2D eigenvalue weighted by Crippen LogP contribution is 2.42. The van der Waals surface area contributed by atoms with Crippen LogP contribution in [0.15, 0.2) is 12.4 Å². The number of hydrogen-bond acceptors (Lipinski definition) is 3. The van der Waals surface area contributed by atoms with Crippen LogP contribution in [-0.2, 0) is 6.54 Å². The van der Waals surface area contributed by atoms with Gasteiger partial charge in [0.25, 0.3) is 0 Å². The second kappa shape index (κ2) is 4.69. The molecule has 0 radical (unpaired) electrons. The summed E-state index contributed by atoms with van der Waals surface area (Å²) in [4.78, 5) is 0. The second-order valence-corrected chi connectivity index (χ2v) is 5.44. The van der Waals surface area contributed by atoms with E-state index in [4.69, 9.17) is 4.74 Å². The number of aryl methyl sites for hydroxylation is 1. The van der Waals surface area contributed by atoms with Gasteiger partial charge < -0.3 is 10.1 Å². The molecular formula is C13H23N3O. The molecule has 1 fully saturated rings. The van der Waals surface area contributed by atoms with Gasteiger partial charge in [0.1, 0.15) is 6.10 Å². The zero-order valence-corrected chi connectivity index (χ0v) is 11.2. The van der Waals surface area contributed by atoms with Gasteiger partial charge in [-0.15, -0.1) is 0 Å². The summed E-state index contributed by atoms with van der Waals surface area (Å²) < 4.78 is 7.94. The summed E-state index contributed by atoms with van der Waals surface area (Å²) in [5, 5.41) is 7.61. The van der Waals surface area contributed by atoms with Gasteiger partial charge in [-0.05, 0) is 13.5 Å². The summed E-state index contributed by atoms with van der Waals surface area (Å²) in [5.74, 6) is 0.895. The van der Waals surface area contributed by atoms with E-state index in [1.54, 1.807) is 0 Å². The number of rotatable bonds is 5. The van der Waals surface area contributed by atoms with Crippen LogP contribution in [0, 0.1) is 5.41 Å². The molecule has 0 bridgehead atoms. The Labute approximate surface area is 103 Å². The van der Waals surface area contributed by atoms with E-state index >= 15 is 0 Å². The van der Waals surface area contributed by atoms with Gasteiger partial charge in [0.15, 0.2) is 5.75 Å². The molecule has 1 heterocycles. The zero-order chi connectivity index (χ0) is 12.5. The molecule has 1 aliphatic rings. The summed E-state index contributed by atoms with van der Waals surface area (Å²) in [7, 11) is 2.02. The standard InChI is InChI=1S/C13H23N3O/c1-5-6-16-9-10(8-15-16)17-12-7-11(14-4)13(12,2)3/h8-9,11-12,14H,5-7H2,1-4H3. The molecule has 0 spiro atoms. The number of nitrogens with zero attached hydrogens (tertiary/aromatic N) is 2. The highest BCUT2D eigenvalue weighted by Gasteiger charge is 2.49. The maximum absolute atomic E-state index is 6.00. The monoisotopic (exact) mass is 237 g/mol. The van der Waals surface area contributed by atoms with Gasteiger partial charge in [0, 0.05) is 24.4 Å². The topological polar surface area (TPSA) is 39.1 Å². The molecule has 96 valence electrons. The van der Waals surface area contributed by atoms with Crippen LogP contribution in [0.4, 0.5) is 0 Å². The summed E-state index contributed by atoms with van der Waals surface area (Å²) in [5.41, 5.74) is 0.196. The second-order valence-electron chi connectivity index (χ2n) is 5.44. The molecule has 4 nitrogen and oxygen atoms in total. The van der Waals surface area contributed by atoms with Crippen LogP contribution in [0.5, 0.6) is 5.75 Å². The number of nitrogens with one attached hydrogen (secondary N) is 1. The lowest BCUT2D eigenvalue weighted by Crippen LogP contribution is -2.61. The van der Waals surface area contributed by atoms with Crippen LogP contribution in [0.2, 0.25) is 0 Å². The van der Waals surface area contributed by atoms with Crippen molar-refractivity contribution < 1.29 is 4.74 Å². The van der Waals surface area contributed by atoms with Crippen molar-refractivity contribution >= 4 is 0 Å². The van der Waals surface area contributed by atoms with Crippen molar-refractivity contribution in [2.45, 2.75) is 52.3 Å². The number of hydrogen-bond donors (Lipinski definition) is 1. The fraction of sp³-hybridized carbons (Fsp3) is 0.769. The molecule has 17 heavy (non-hydrogen) atoms. The normalized spacial score (nSPS) is 26.6. The quantitative estimate of drug-likeness (QED) is 0.852. The Morgan fingerprint density at radius 1 is 1.59 bits per heavy atom. The van der Waals surface area contributed by atoms with Crippen LogP contribution in [-0.4, -0.2) is 29.0 Å². The fourth-order valence-corrected chi connectivity index (χ4v) is 2.50. The van der Waals surface area contributed by atoms with Crippen molar-refractivity contribution in [3.05, 3.63) is 12.4 Å². The molecule has 1 N–H and O–H groups in total. The average Bonchev–Trinajstić information content (AvgIpc) is 2.72. The van der Waals surface area contributed by atoms with E-state index in [1.807, 2.05) is 24.1 Å². The Morgan fingerprint density at radius 2 is 2.35 bits per heavy atom. The zero-order valence-electron chi connectivity index (χ0n) is 11.2. The third kappa shape index (κ3) is 2.32. The number of ether oxygens (including phenoxy) is 1. The first-order valence-electron chi connectivity index (χ1n) is 6.44. The Balaban J connectivity index is 1.93. The van der Waals surface area contributed by atoms with E-state index < -0.39 is 0 Å². The molecule has 2 unspecified atom stereocenters. The molecular weight excluding hydrogens is 214 g/mol. The average molecular weight is 237 g/mol. The number of aromatic nitrogens is 2. The third-order valence-electron chi connectivity index (χ3n) is 3.87. The molecule has 1 aromatic heterocycles. The van der Waals surface area contributed by atoms with E-state index in [0.29, 0.717) is 12.1 Å². The van der Waals surface area contributed by atoms with Crippen molar-refractivity contribution in [2.75, 3.05) is 7.05 Å². The van der Waals surface area contributed by atoms with Gasteiger partial charge in [-0.3, -0.25) is 4.68 Å². The smallest absolute Gasteiger partial charge is 0.157 e. The lowest BCUT2D eigenvalue weighted by molar-refractivity contribution is -0.0521. The minimum absolute atomic E-state index is 0.196. The largest absolute Gasteiger partial charge is 0.486 e. The molecule has 2 atom stereocenters. The molecule has 1 saturated carbocycles. The van der Waals surface area contributed by atoms with Crippen LogP contribution in [0.25, 0.3) is 0 Å². The molecule has 1 aromatic rings. The summed E-state index contributed by atoms with van der Waals surface area (Å²) in [6, 6.07) is 0.554. The Kier molecular flexibility index (Phi) is 3.43. The molecule has 4 heteroatoms. The van der Waals surface area contributed by atoms with E-state index in [-0.39, 0.29) is 5.41 Å². The highest BCUT2D eigenvalue weighted by molar-refractivity contribution is 5.15. The predicted molar refractivity (Wildman–Crippen MR) is 68.2 cm³/mol. The fourth-order valence-electron chi connectivity index (χ4n) is 2.50. The van der Waals surface area contributed by atoms with E-state index in [1.165, 1.54) is 0 Å². The van der Waals surface area contributed by atoms with E-state index in [9.17, 15) is 0 Å². The van der Waals surface area contributed by atoms with Crippen molar-refractivity contribution in [2.24, 2.45) is 5.41 Å². The molecule has 0 amide bonds. The van der Waals surface area contributed by atoms with Crippen molar-refractivity contribution in [1.82, 2.24) is 15.1 Å². The van der Waals surface area contributed by atoms with Crippen molar-refractivity contribution in [3.63, 3.8) is 0 Å². The maximum atomic E-state index is 6.00. The van der Waals surface area contributed by atoms with E-state index in [2.05, 4.69) is 31.2 Å². The van der Waals surface area contributed by atoms with Crippen LogP contribution >= 0.6 is 0 Å². The molecule has 2 rings (SSSR count). The van der Waals surface area contributed by atoms with Gasteiger partial charge in [-0.25, -0.2) is 0 Å². The van der Waals surface area contributed by atoms with Crippen LogP contribution < -0.4 is 10.1 Å². The first kappa shape index (κ1) is 12.4. The van der Waals surface area contributed by atoms with Gasteiger partial charge in [-0.2, -0.15) is 5.10 Å². The molecule has 0 aromatic carbocycles. The van der Waals surface area contributed by atoms with Crippen LogP contribution in [0.1, 0.15) is 33.6 Å². The van der Waals surface area contributed by atoms with Crippen molar-refractivity contribution in [1.29, 1.82) is 0 Å². The van der Waals surface area contributed by atoms with Crippen LogP contribution in [0.3, 0.4) is 0 Å². The minimum Gasteiger partial charge on any atom is -0.486 e. The summed E-state index contributed by atoms with van der Waals surface area (Å²) in [6.45, 7) is 7.60. The van der Waals surface area contributed by atoms with E-state index in [0.717, 1.165) is 25.1 Å². The third-order valence-corrected chi connectivity index (χ3v) is 3.87. The predicted octanol–water partition coefficient (Wildman–Crippen LogP) is 2.06. The van der Waals surface area contributed by atoms with Gasteiger partial charge in [-0.1, -0.05) is 20.8 Å². The maximum Gasteiger partial charge on any atom is 0.157 e. The van der Waals surface area contributed by atoms with Gasteiger partial charge in [0.05, 0.1) is 12.4 Å². The lowest BCUT2D eigenvalue weighted by Gasteiger charge is -2.51. The highest BCUT2D eigenvalue weighted by atomic mass is 16.5. The van der Waals surface area contributed by atoms with Crippen molar-refractivity contribution in [3.8, 4) is 5.75 Å². The lowest BCUT2D eigenvalue weighted by atomic mass is 9.64. The Hall–Kier alpha value is -1.03. The van der Waals surface area contributed by atoms with Gasteiger partial charge >= 0.3 is 0 Å².